The minimum absolute atomic E-state index is 0.0166. The second-order valence-corrected chi connectivity index (χ2v) is 11.7. The van der Waals surface area contributed by atoms with Gasteiger partial charge in [0.1, 0.15) is 29.3 Å². The Morgan fingerprint density at radius 3 is 2.23 bits per heavy atom. The molecule has 0 saturated carbocycles. The summed E-state index contributed by atoms with van der Waals surface area (Å²) < 4.78 is 15.2. The van der Waals surface area contributed by atoms with Gasteiger partial charge in [0.2, 0.25) is 0 Å². The number of amides is 1. The molecule has 254 valence electrons. The van der Waals surface area contributed by atoms with Gasteiger partial charge in [-0.2, -0.15) is 0 Å². The molecule has 3 rings (SSSR count). The van der Waals surface area contributed by atoms with Crippen molar-refractivity contribution in [1.82, 2.24) is 5.32 Å². The molecule has 2 aromatic rings. The molecule has 47 heavy (non-hydrogen) atoms. The van der Waals surface area contributed by atoms with Crippen LogP contribution in [0.3, 0.4) is 0 Å². The molecule has 12 heteroatoms. The topological polar surface area (TPSA) is 189 Å². The Morgan fingerprint density at radius 1 is 0.979 bits per heavy atom. The lowest BCUT2D eigenvalue weighted by atomic mass is 9.90. The van der Waals surface area contributed by atoms with Crippen LogP contribution >= 0.6 is 0 Å². The highest BCUT2D eigenvalue weighted by atomic mass is 16.6. The first kappa shape index (κ1) is 38.1. The zero-order valence-corrected chi connectivity index (χ0v) is 27.1. The number of allylic oxidation sites excluding steroid dienone is 4. The van der Waals surface area contributed by atoms with E-state index in [4.69, 9.17) is 24.4 Å². The summed E-state index contributed by atoms with van der Waals surface area (Å²) in [5, 5.41) is 39.8. The maximum Gasteiger partial charge on any atom is 0.408 e. The SMILES string of the molecule is CC(C)(C)OC(=O)NC(Cc1ccc(O)cc1)C(=O)O.COc1cc(/C=C/C(=O)CC(=O)/C=C/C2CC=C(O)C(OC)C2)ccc1O. The van der Waals surface area contributed by atoms with Crippen LogP contribution in [0.25, 0.3) is 6.08 Å². The number of aliphatic hydroxyl groups excluding tert-OH is 1. The van der Waals surface area contributed by atoms with E-state index < -0.39 is 23.7 Å². The predicted molar refractivity (Wildman–Crippen MR) is 174 cm³/mol. The fraction of sp³-hybridized carbons (Fsp3) is 0.371. The van der Waals surface area contributed by atoms with Crippen molar-refractivity contribution in [2.75, 3.05) is 14.2 Å². The van der Waals surface area contributed by atoms with E-state index in [0.29, 0.717) is 29.7 Å². The molecular weight excluding hydrogens is 610 g/mol. The Balaban J connectivity index is 0.000000343. The van der Waals surface area contributed by atoms with Crippen LogP contribution in [0.2, 0.25) is 0 Å². The fourth-order valence-corrected chi connectivity index (χ4v) is 4.31. The summed E-state index contributed by atoms with van der Waals surface area (Å²) in [7, 11) is 2.97. The van der Waals surface area contributed by atoms with E-state index in [0.717, 1.165) is 0 Å². The van der Waals surface area contributed by atoms with Crippen LogP contribution in [-0.4, -0.2) is 76.0 Å². The molecule has 0 radical (unpaired) electrons. The molecule has 2 aromatic carbocycles. The molecule has 3 atom stereocenters. The number of carboxylic acid groups (broad SMARTS) is 1. The highest BCUT2D eigenvalue weighted by Gasteiger charge is 2.24. The number of hydrogen-bond acceptors (Lipinski definition) is 10. The van der Waals surface area contributed by atoms with Gasteiger partial charge in [0.25, 0.3) is 0 Å². The molecule has 3 unspecified atom stereocenters. The molecule has 0 bridgehead atoms. The number of hydrogen-bond donors (Lipinski definition) is 5. The molecule has 1 aliphatic rings. The number of methoxy groups -OCH3 is 2. The predicted octanol–water partition coefficient (Wildman–Crippen LogP) is 5.28. The number of benzene rings is 2. The smallest absolute Gasteiger partial charge is 0.408 e. The lowest BCUT2D eigenvalue weighted by Gasteiger charge is -2.23. The Labute approximate surface area is 274 Å². The summed E-state index contributed by atoms with van der Waals surface area (Å²) in [4.78, 5) is 46.7. The number of rotatable bonds is 12. The number of ketones is 2. The Kier molecular flexibility index (Phi) is 14.7. The van der Waals surface area contributed by atoms with E-state index in [1.165, 1.54) is 44.6 Å². The number of phenols is 2. The zero-order valence-electron chi connectivity index (χ0n) is 27.1. The van der Waals surface area contributed by atoms with Crippen molar-refractivity contribution < 1.29 is 53.8 Å². The lowest BCUT2D eigenvalue weighted by Crippen LogP contribution is -2.44. The molecule has 1 amide bonds. The zero-order chi connectivity index (χ0) is 35.1. The van der Waals surface area contributed by atoms with Crippen LogP contribution in [0, 0.1) is 5.92 Å². The number of ether oxygens (including phenoxy) is 3. The third kappa shape index (κ3) is 14.3. The monoisotopic (exact) mass is 653 g/mol. The van der Waals surface area contributed by atoms with Crippen molar-refractivity contribution >= 4 is 29.7 Å². The normalized spacial score (nSPS) is 16.8. The average Bonchev–Trinajstić information content (AvgIpc) is 3.00. The number of aromatic hydroxyl groups is 2. The van der Waals surface area contributed by atoms with Crippen LogP contribution in [0.15, 0.2) is 72.5 Å². The molecule has 0 saturated heterocycles. The van der Waals surface area contributed by atoms with Gasteiger partial charge in [0.15, 0.2) is 23.1 Å². The van der Waals surface area contributed by atoms with E-state index in [2.05, 4.69) is 5.32 Å². The Morgan fingerprint density at radius 2 is 1.64 bits per heavy atom. The maximum absolute atomic E-state index is 12.0. The van der Waals surface area contributed by atoms with Crippen molar-refractivity contribution in [3.63, 3.8) is 0 Å². The molecule has 0 spiro atoms. The number of aliphatic carboxylic acids is 1. The number of carbonyl (C=O) groups excluding carboxylic acids is 3. The van der Waals surface area contributed by atoms with E-state index in [1.807, 2.05) is 0 Å². The van der Waals surface area contributed by atoms with Gasteiger partial charge in [-0.3, -0.25) is 9.59 Å². The number of alkyl carbamates (subject to hydrolysis) is 1. The van der Waals surface area contributed by atoms with Crippen LogP contribution in [0.1, 0.15) is 51.2 Å². The summed E-state index contributed by atoms with van der Waals surface area (Å²) in [6, 6.07) is 9.74. The van der Waals surface area contributed by atoms with Gasteiger partial charge < -0.3 is 40.0 Å². The number of nitrogens with one attached hydrogen (secondary N) is 1. The van der Waals surface area contributed by atoms with Gasteiger partial charge in [-0.15, -0.1) is 0 Å². The van der Waals surface area contributed by atoms with Crippen molar-refractivity contribution in [3.8, 4) is 17.2 Å². The summed E-state index contributed by atoms with van der Waals surface area (Å²) in [5.74, 6) is -1.00. The third-order valence-corrected chi connectivity index (χ3v) is 6.69. The van der Waals surface area contributed by atoms with Gasteiger partial charge in [-0.25, -0.2) is 9.59 Å². The molecule has 0 fully saturated rings. The number of carbonyl (C=O) groups is 4. The van der Waals surface area contributed by atoms with E-state index in [1.54, 1.807) is 63.3 Å². The van der Waals surface area contributed by atoms with Crippen LogP contribution in [0.5, 0.6) is 17.2 Å². The number of phenolic OH excluding ortho intramolecular Hbond substituents is 2. The molecule has 0 heterocycles. The second kappa shape index (κ2) is 18.1. The van der Waals surface area contributed by atoms with Gasteiger partial charge in [-0.05, 0) is 93.2 Å². The highest BCUT2D eigenvalue weighted by Crippen LogP contribution is 2.27. The van der Waals surface area contributed by atoms with Crippen molar-refractivity contribution in [2.45, 2.75) is 64.2 Å². The second-order valence-electron chi connectivity index (χ2n) is 11.7. The van der Waals surface area contributed by atoms with Crippen LogP contribution in [-0.2, 0) is 30.3 Å². The summed E-state index contributed by atoms with van der Waals surface area (Å²) >= 11 is 0. The van der Waals surface area contributed by atoms with Crippen LogP contribution < -0.4 is 10.1 Å². The molecule has 0 aromatic heterocycles. The first-order valence-corrected chi connectivity index (χ1v) is 14.8. The molecule has 12 nitrogen and oxygen atoms in total. The molecular formula is C35H43NO11. The fourth-order valence-electron chi connectivity index (χ4n) is 4.31. The standard InChI is InChI=1S/C21H24O6.C14H19NO5/c1-26-20-11-14(5-9-18(20)24)3-7-16(22)13-17(23)8-4-15-6-10-19(25)21(12-15)27-2;1-14(2,3)20-13(19)15-11(12(17)18)8-9-4-6-10(16)7-5-9/h3-5,7-11,15,21,24-25H,6,12-13H2,1-2H3;4-7,11,16H,8H2,1-3H3,(H,15,19)(H,17,18)/b7-3+,8-4+;. The van der Waals surface area contributed by atoms with Gasteiger partial charge in [0, 0.05) is 13.5 Å². The molecule has 0 aliphatic heterocycles. The number of aliphatic hydroxyl groups is 1. The lowest BCUT2D eigenvalue weighted by molar-refractivity contribution is -0.139. The minimum Gasteiger partial charge on any atom is -0.510 e. The van der Waals surface area contributed by atoms with E-state index in [-0.39, 0.29) is 53.7 Å². The molecule has 5 N–H and O–H groups in total. The van der Waals surface area contributed by atoms with Gasteiger partial charge in [-0.1, -0.05) is 30.4 Å². The average molecular weight is 654 g/mol. The highest BCUT2D eigenvalue weighted by molar-refractivity contribution is 6.09. The van der Waals surface area contributed by atoms with Crippen molar-refractivity contribution in [2.24, 2.45) is 5.92 Å². The summed E-state index contributed by atoms with van der Waals surface area (Å²) in [6.07, 6.45) is 7.76. The summed E-state index contributed by atoms with van der Waals surface area (Å²) in [6.45, 7) is 5.09. The quantitative estimate of drug-likeness (QED) is 0.148. The number of carboxylic acids is 1. The Bertz CT molecular complexity index is 1470. The van der Waals surface area contributed by atoms with E-state index >= 15 is 0 Å². The minimum atomic E-state index is -1.15. The third-order valence-electron chi connectivity index (χ3n) is 6.69. The van der Waals surface area contributed by atoms with Gasteiger partial charge in [0.05, 0.1) is 13.5 Å². The van der Waals surface area contributed by atoms with Crippen molar-refractivity contribution in [3.05, 3.63) is 83.7 Å². The van der Waals surface area contributed by atoms with E-state index in [9.17, 15) is 29.4 Å². The molecule has 1 aliphatic carbocycles. The Hall–Kier alpha value is -5.10. The van der Waals surface area contributed by atoms with Crippen molar-refractivity contribution in [1.29, 1.82) is 0 Å². The van der Waals surface area contributed by atoms with Crippen LogP contribution in [0.4, 0.5) is 4.79 Å². The summed E-state index contributed by atoms with van der Waals surface area (Å²) in [5.41, 5.74) is 0.678. The van der Waals surface area contributed by atoms with Gasteiger partial charge >= 0.3 is 12.1 Å². The maximum atomic E-state index is 12.0. The largest absolute Gasteiger partial charge is 0.510 e. The first-order chi connectivity index (χ1) is 22.1. The first-order valence-electron chi connectivity index (χ1n) is 14.8.